The molecule has 178 valence electrons. The number of amides is 4. The Kier molecular flexibility index (Phi) is 6.95. The van der Waals surface area contributed by atoms with E-state index in [1.54, 1.807) is 12.1 Å². The van der Waals surface area contributed by atoms with Crippen molar-refractivity contribution in [2.24, 2.45) is 0 Å². The van der Waals surface area contributed by atoms with Crippen molar-refractivity contribution >= 4 is 24.0 Å². The molecule has 0 bridgehead atoms. The molecule has 2 aliphatic rings. The lowest BCUT2D eigenvalue weighted by Gasteiger charge is -2.42. The molecular formula is C24H26N4O6. The van der Waals surface area contributed by atoms with Gasteiger partial charge in [0.15, 0.2) is 0 Å². The van der Waals surface area contributed by atoms with Crippen LogP contribution in [-0.4, -0.2) is 63.7 Å². The summed E-state index contributed by atoms with van der Waals surface area (Å²) >= 11 is 0. The van der Waals surface area contributed by atoms with Gasteiger partial charge < -0.3 is 25.4 Å². The molecule has 0 aromatic heterocycles. The zero-order valence-electron chi connectivity index (χ0n) is 18.4. The summed E-state index contributed by atoms with van der Waals surface area (Å²) in [7, 11) is 0. The first-order chi connectivity index (χ1) is 16.4. The maximum atomic E-state index is 13.2. The normalized spacial score (nSPS) is 21.5. The van der Waals surface area contributed by atoms with Gasteiger partial charge in [-0.15, -0.1) is 0 Å². The number of benzene rings is 2. The van der Waals surface area contributed by atoms with Crippen molar-refractivity contribution in [3.63, 3.8) is 0 Å². The van der Waals surface area contributed by atoms with Gasteiger partial charge in [-0.25, -0.2) is 9.59 Å². The van der Waals surface area contributed by atoms with Gasteiger partial charge in [0, 0.05) is 19.5 Å². The highest BCUT2D eigenvalue weighted by Crippen LogP contribution is 2.31. The fourth-order valence-corrected chi connectivity index (χ4v) is 4.35. The SMILES string of the molecule is O=C(NC1CC2N(C(=O)O)CCC(C(=O)NCc3ccccc3)N2C1=O)OCc1ccccc1. The standard InChI is InChI=1S/C24H26N4O6/c29-21(25-14-16-7-3-1-4-8-16)19-11-12-27(24(32)33)20-13-18(22(30)28(19)20)26-23(31)34-15-17-9-5-2-6-10-17/h1-10,18-20H,11-15H2,(H,25,29)(H,26,31)(H,32,33). The Morgan fingerprint density at radius 1 is 1.00 bits per heavy atom. The molecule has 0 saturated carbocycles. The number of carboxylic acid groups (broad SMARTS) is 1. The largest absolute Gasteiger partial charge is 0.465 e. The molecule has 10 heteroatoms. The fourth-order valence-electron chi connectivity index (χ4n) is 4.35. The maximum Gasteiger partial charge on any atom is 0.408 e. The van der Waals surface area contributed by atoms with Crippen LogP contribution in [0.3, 0.4) is 0 Å². The highest BCUT2D eigenvalue weighted by Gasteiger charge is 2.52. The molecule has 3 unspecified atom stereocenters. The second kappa shape index (κ2) is 10.2. The van der Waals surface area contributed by atoms with Crippen molar-refractivity contribution < 1.29 is 29.0 Å². The van der Waals surface area contributed by atoms with Gasteiger partial charge in [0.05, 0.1) is 0 Å². The van der Waals surface area contributed by atoms with Crippen molar-refractivity contribution in [2.45, 2.75) is 44.2 Å². The molecule has 0 spiro atoms. The predicted octanol–water partition coefficient (Wildman–Crippen LogP) is 1.91. The Morgan fingerprint density at radius 2 is 1.65 bits per heavy atom. The van der Waals surface area contributed by atoms with E-state index < -0.39 is 36.3 Å². The zero-order chi connectivity index (χ0) is 24.1. The van der Waals surface area contributed by atoms with Gasteiger partial charge >= 0.3 is 12.2 Å². The number of ether oxygens (including phenoxy) is 1. The number of fused-ring (bicyclic) bond motifs is 1. The molecule has 2 heterocycles. The summed E-state index contributed by atoms with van der Waals surface area (Å²) in [5, 5.41) is 15.0. The van der Waals surface area contributed by atoms with E-state index in [9.17, 15) is 24.3 Å². The van der Waals surface area contributed by atoms with Crippen molar-refractivity contribution in [2.75, 3.05) is 6.54 Å². The van der Waals surface area contributed by atoms with E-state index in [1.165, 1.54) is 4.90 Å². The van der Waals surface area contributed by atoms with Crippen molar-refractivity contribution in [3.8, 4) is 0 Å². The van der Waals surface area contributed by atoms with Crippen molar-refractivity contribution in [1.82, 2.24) is 20.4 Å². The van der Waals surface area contributed by atoms with E-state index in [-0.39, 0.29) is 31.9 Å². The average molecular weight is 466 g/mol. The molecule has 2 aliphatic heterocycles. The summed E-state index contributed by atoms with van der Waals surface area (Å²) in [6.07, 6.45) is -2.60. The Balaban J connectivity index is 1.41. The minimum absolute atomic E-state index is 0.0342. The molecule has 10 nitrogen and oxygen atoms in total. The lowest BCUT2D eigenvalue weighted by molar-refractivity contribution is -0.146. The Bertz CT molecular complexity index is 1050. The van der Waals surface area contributed by atoms with E-state index in [0.717, 1.165) is 16.0 Å². The van der Waals surface area contributed by atoms with Gasteiger partial charge in [-0.1, -0.05) is 60.7 Å². The lowest BCUT2D eigenvalue weighted by atomic mass is 10.1. The minimum atomic E-state index is -1.18. The van der Waals surface area contributed by atoms with Crippen molar-refractivity contribution in [1.29, 1.82) is 0 Å². The van der Waals surface area contributed by atoms with Gasteiger partial charge in [0.1, 0.15) is 24.9 Å². The number of rotatable bonds is 6. The summed E-state index contributed by atoms with van der Waals surface area (Å²) in [6, 6.07) is 16.6. The molecule has 3 N–H and O–H groups in total. The number of nitrogens with one attached hydrogen (secondary N) is 2. The second-order valence-corrected chi connectivity index (χ2v) is 8.20. The van der Waals surface area contributed by atoms with Crippen LogP contribution in [-0.2, 0) is 27.5 Å². The number of nitrogens with zero attached hydrogens (tertiary/aromatic N) is 2. The highest BCUT2D eigenvalue weighted by atomic mass is 16.5. The number of carbonyl (C=O) groups is 4. The molecular weight excluding hydrogens is 440 g/mol. The van der Waals surface area contributed by atoms with E-state index in [4.69, 9.17) is 4.74 Å². The Labute approximate surface area is 196 Å². The zero-order valence-corrected chi connectivity index (χ0v) is 18.4. The van der Waals surface area contributed by atoms with Crippen LogP contribution in [0.2, 0.25) is 0 Å². The maximum absolute atomic E-state index is 13.2. The van der Waals surface area contributed by atoms with Crippen LogP contribution >= 0.6 is 0 Å². The van der Waals surface area contributed by atoms with E-state index in [1.807, 2.05) is 48.5 Å². The number of hydrogen-bond acceptors (Lipinski definition) is 5. The predicted molar refractivity (Wildman–Crippen MR) is 120 cm³/mol. The van der Waals surface area contributed by atoms with Gasteiger partial charge in [-0.2, -0.15) is 0 Å². The minimum Gasteiger partial charge on any atom is -0.465 e. The van der Waals surface area contributed by atoms with E-state index in [0.29, 0.717) is 6.54 Å². The Hall–Kier alpha value is -4.08. The Morgan fingerprint density at radius 3 is 2.29 bits per heavy atom. The monoisotopic (exact) mass is 466 g/mol. The summed E-state index contributed by atoms with van der Waals surface area (Å²) < 4.78 is 5.20. The van der Waals surface area contributed by atoms with E-state index >= 15 is 0 Å². The van der Waals surface area contributed by atoms with Crippen molar-refractivity contribution in [3.05, 3.63) is 71.8 Å². The lowest BCUT2D eigenvalue weighted by Crippen LogP contribution is -2.61. The summed E-state index contributed by atoms with van der Waals surface area (Å²) in [4.78, 5) is 52.6. The second-order valence-electron chi connectivity index (χ2n) is 8.20. The van der Waals surface area contributed by atoms with Crippen LogP contribution in [0.4, 0.5) is 9.59 Å². The third-order valence-corrected chi connectivity index (χ3v) is 6.02. The molecule has 4 rings (SSSR count). The molecule has 0 radical (unpaired) electrons. The summed E-state index contributed by atoms with van der Waals surface area (Å²) in [6.45, 7) is 0.434. The summed E-state index contributed by atoms with van der Waals surface area (Å²) in [5.74, 6) is -0.869. The van der Waals surface area contributed by atoms with Gasteiger partial charge in [-0.3, -0.25) is 14.5 Å². The van der Waals surface area contributed by atoms with Crippen LogP contribution in [0.15, 0.2) is 60.7 Å². The van der Waals surface area contributed by atoms with Crippen LogP contribution < -0.4 is 10.6 Å². The third kappa shape index (κ3) is 5.11. The quantitative estimate of drug-likeness (QED) is 0.597. The van der Waals surface area contributed by atoms with Gasteiger partial charge in [0.25, 0.3) is 0 Å². The van der Waals surface area contributed by atoms with Crippen LogP contribution in [0.1, 0.15) is 24.0 Å². The average Bonchev–Trinajstić information content (AvgIpc) is 3.17. The molecule has 0 aliphatic carbocycles. The molecule has 4 amide bonds. The molecule has 3 atom stereocenters. The van der Waals surface area contributed by atoms with Crippen LogP contribution in [0.5, 0.6) is 0 Å². The number of hydrogen-bond donors (Lipinski definition) is 3. The van der Waals surface area contributed by atoms with Crippen LogP contribution in [0, 0.1) is 0 Å². The fraction of sp³-hybridized carbons (Fsp3) is 0.333. The number of alkyl carbamates (subject to hydrolysis) is 1. The summed E-state index contributed by atoms with van der Waals surface area (Å²) in [5.41, 5.74) is 1.70. The van der Waals surface area contributed by atoms with Crippen LogP contribution in [0.25, 0.3) is 0 Å². The molecule has 2 saturated heterocycles. The first-order valence-electron chi connectivity index (χ1n) is 11.0. The third-order valence-electron chi connectivity index (χ3n) is 6.02. The van der Waals surface area contributed by atoms with Gasteiger partial charge in [0.2, 0.25) is 11.8 Å². The topological polar surface area (TPSA) is 128 Å². The highest BCUT2D eigenvalue weighted by molar-refractivity contribution is 5.94. The molecule has 2 aromatic rings. The number of carbonyl (C=O) groups excluding carboxylic acids is 3. The molecule has 34 heavy (non-hydrogen) atoms. The first kappa shape index (κ1) is 23.1. The first-order valence-corrected chi connectivity index (χ1v) is 11.0. The van der Waals surface area contributed by atoms with Gasteiger partial charge in [-0.05, 0) is 17.5 Å². The molecule has 2 fully saturated rings. The molecule has 2 aromatic carbocycles. The van der Waals surface area contributed by atoms with E-state index in [2.05, 4.69) is 10.6 Å². The smallest absolute Gasteiger partial charge is 0.408 e.